The van der Waals surface area contributed by atoms with Gasteiger partial charge in [-0.25, -0.2) is 0 Å². The second kappa shape index (κ2) is 8.22. The summed E-state index contributed by atoms with van der Waals surface area (Å²) in [7, 11) is 0. The molecule has 1 N–H and O–H groups in total. The molecule has 0 bridgehead atoms. The highest BCUT2D eigenvalue weighted by Crippen LogP contribution is 2.22. The quantitative estimate of drug-likeness (QED) is 0.689. The maximum Gasteiger partial charge on any atom is 0.269 e. The van der Waals surface area contributed by atoms with Crippen molar-refractivity contribution in [2.24, 2.45) is 5.16 Å². The van der Waals surface area contributed by atoms with E-state index in [1.165, 1.54) is 0 Å². The van der Waals surface area contributed by atoms with E-state index in [0.717, 1.165) is 11.1 Å². The third-order valence-electron chi connectivity index (χ3n) is 4.24. The van der Waals surface area contributed by atoms with Crippen LogP contribution in [0.5, 0.6) is 0 Å². The lowest BCUT2D eigenvalue weighted by atomic mass is 10.1. The Morgan fingerprint density at radius 1 is 1.18 bits per heavy atom. The topological polar surface area (TPSA) is 89.6 Å². The molecule has 0 saturated heterocycles. The Morgan fingerprint density at radius 2 is 2.04 bits per heavy atom. The molecule has 1 aliphatic heterocycles. The number of amides is 1. The number of oxime groups is 1. The van der Waals surface area contributed by atoms with E-state index in [-0.39, 0.29) is 12.0 Å². The van der Waals surface area contributed by atoms with Crippen LogP contribution in [0.1, 0.15) is 17.8 Å². The van der Waals surface area contributed by atoms with Crippen molar-refractivity contribution in [2.75, 3.05) is 0 Å². The molecule has 0 fully saturated rings. The van der Waals surface area contributed by atoms with Crippen LogP contribution in [-0.2, 0) is 22.6 Å². The molecule has 0 aliphatic carbocycles. The van der Waals surface area contributed by atoms with Crippen LogP contribution < -0.4 is 5.32 Å². The molecule has 28 heavy (non-hydrogen) atoms. The number of nitrogens with zero attached hydrogens (tertiary/aromatic N) is 3. The number of hydrogen-bond donors (Lipinski definition) is 1. The molecule has 2 heterocycles. The zero-order valence-corrected chi connectivity index (χ0v) is 15.6. The first kappa shape index (κ1) is 18.2. The van der Waals surface area contributed by atoms with Crippen molar-refractivity contribution in [1.82, 2.24) is 15.5 Å². The van der Waals surface area contributed by atoms with Crippen LogP contribution in [0.25, 0.3) is 11.5 Å². The molecule has 8 heteroatoms. The first-order chi connectivity index (χ1) is 13.7. The van der Waals surface area contributed by atoms with Crippen LogP contribution in [-0.4, -0.2) is 27.9 Å². The second-order valence-corrected chi connectivity index (χ2v) is 6.80. The van der Waals surface area contributed by atoms with E-state index in [1.807, 2.05) is 42.5 Å². The van der Waals surface area contributed by atoms with E-state index in [1.54, 1.807) is 12.1 Å². The second-order valence-electron chi connectivity index (χ2n) is 6.37. The van der Waals surface area contributed by atoms with Gasteiger partial charge in [-0.1, -0.05) is 58.3 Å². The van der Waals surface area contributed by atoms with Gasteiger partial charge in [-0.15, -0.1) is 0 Å². The highest BCUT2D eigenvalue weighted by atomic mass is 35.5. The monoisotopic (exact) mass is 396 g/mol. The number of nitrogens with one attached hydrogen (secondary N) is 1. The Labute approximate surface area is 166 Å². The minimum Gasteiger partial charge on any atom is -0.391 e. The van der Waals surface area contributed by atoms with Gasteiger partial charge in [0.2, 0.25) is 0 Å². The van der Waals surface area contributed by atoms with Gasteiger partial charge in [-0.05, 0) is 23.8 Å². The van der Waals surface area contributed by atoms with Gasteiger partial charge >= 0.3 is 0 Å². The number of benzene rings is 2. The molecule has 1 aromatic heterocycles. The van der Waals surface area contributed by atoms with E-state index in [9.17, 15) is 4.79 Å². The van der Waals surface area contributed by atoms with Crippen molar-refractivity contribution in [3.8, 4) is 11.5 Å². The number of hydrogen-bond acceptors (Lipinski definition) is 6. The molecule has 7 nitrogen and oxygen atoms in total. The SMILES string of the molecule is O=C(NCc1ccccc1)C1=NO[C@H](Cc2noc(-c3cccc(Cl)c3)n2)C1. The number of halogens is 1. The predicted molar refractivity (Wildman–Crippen MR) is 104 cm³/mol. The Hall–Kier alpha value is -3.19. The van der Waals surface area contributed by atoms with Crippen LogP contribution in [0.2, 0.25) is 5.02 Å². The summed E-state index contributed by atoms with van der Waals surface area (Å²) in [6, 6.07) is 16.9. The van der Waals surface area contributed by atoms with Crippen LogP contribution in [0.3, 0.4) is 0 Å². The van der Waals surface area contributed by atoms with Gasteiger partial charge in [0.25, 0.3) is 11.8 Å². The summed E-state index contributed by atoms with van der Waals surface area (Å²) >= 11 is 5.99. The maximum absolute atomic E-state index is 12.3. The molecule has 2 aromatic carbocycles. The van der Waals surface area contributed by atoms with Crippen molar-refractivity contribution in [3.63, 3.8) is 0 Å². The summed E-state index contributed by atoms with van der Waals surface area (Å²) in [6.07, 6.45) is 0.479. The third kappa shape index (κ3) is 4.37. The molecule has 142 valence electrons. The highest BCUT2D eigenvalue weighted by molar-refractivity contribution is 6.39. The Balaban J connectivity index is 1.30. The van der Waals surface area contributed by atoms with Gasteiger partial charge in [0.05, 0.1) is 6.42 Å². The first-order valence-electron chi connectivity index (χ1n) is 8.81. The Kier molecular flexibility index (Phi) is 5.34. The summed E-state index contributed by atoms with van der Waals surface area (Å²) in [4.78, 5) is 22.0. The standard InChI is InChI=1S/C20H17ClN4O3/c21-15-8-4-7-14(9-15)20-23-18(25-28-20)11-16-10-17(24-27-16)19(26)22-12-13-5-2-1-3-6-13/h1-9,16H,10-12H2,(H,22,26)/t16-/m0/s1. The summed E-state index contributed by atoms with van der Waals surface area (Å²) < 4.78 is 5.29. The fraction of sp³-hybridized carbons (Fsp3) is 0.200. The minimum absolute atomic E-state index is 0.237. The van der Waals surface area contributed by atoms with Crippen LogP contribution in [0.15, 0.2) is 64.3 Å². The van der Waals surface area contributed by atoms with Crippen molar-refractivity contribution < 1.29 is 14.2 Å². The van der Waals surface area contributed by atoms with E-state index in [0.29, 0.717) is 41.8 Å². The van der Waals surface area contributed by atoms with Crippen molar-refractivity contribution >= 4 is 23.2 Å². The number of carbonyl (C=O) groups excluding carboxylic acids is 1. The molecule has 0 spiro atoms. The third-order valence-corrected chi connectivity index (χ3v) is 4.48. The lowest BCUT2D eigenvalue weighted by molar-refractivity contribution is -0.115. The number of carbonyl (C=O) groups is 1. The van der Waals surface area contributed by atoms with Gasteiger partial charge in [-0.2, -0.15) is 4.98 Å². The van der Waals surface area contributed by atoms with E-state index >= 15 is 0 Å². The summed E-state index contributed by atoms with van der Waals surface area (Å²) in [5.74, 6) is 0.637. The zero-order valence-electron chi connectivity index (χ0n) is 14.8. The van der Waals surface area contributed by atoms with Gasteiger partial charge in [-0.3, -0.25) is 4.79 Å². The average Bonchev–Trinajstić information content (AvgIpc) is 3.37. The normalized spacial score (nSPS) is 15.8. The van der Waals surface area contributed by atoms with Gasteiger partial charge < -0.3 is 14.7 Å². The van der Waals surface area contributed by atoms with Crippen molar-refractivity contribution in [1.29, 1.82) is 0 Å². The zero-order chi connectivity index (χ0) is 19.3. The van der Waals surface area contributed by atoms with Crippen LogP contribution in [0, 0.1) is 0 Å². The van der Waals surface area contributed by atoms with E-state index in [4.69, 9.17) is 21.0 Å². The molecular weight excluding hydrogens is 380 g/mol. The largest absolute Gasteiger partial charge is 0.391 e. The van der Waals surface area contributed by atoms with Crippen LogP contribution in [0.4, 0.5) is 0 Å². The lowest BCUT2D eigenvalue weighted by Gasteiger charge is -2.05. The molecule has 4 rings (SSSR count). The Bertz CT molecular complexity index is 1000. The highest BCUT2D eigenvalue weighted by Gasteiger charge is 2.27. The smallest absolute Gasteiger partial charge is 0.269 e. The molecule has 3 aromatic rings. The molecule has 1 atom stereocenters. The molecule has 1 aliphatic rings. The predicted octanol–water partition coefficient (Wildman–Crippen LogP) is 3.39. The molecule has 0 radical (unpaired) electrons. The maximum atomic E-state index is 12.3. The van der Waals surface area contributed by atoms with Gasteiger partial charge in [0.1, 0.15) is 11.8 Å². The molecule has 0 unspecified atom stereocenters. The van der Waals surface area contributed by atoms with E-state index < -0.39 is 0 Å². The number of rotatable bonds is 6. The summed E-state index contributed by atoms with van der Waals surface area (Å²) in [5.41, 5.74) is 2.13. The van der Waals surface area contributed by atoms with Crippen LogP contribution >= 0.6 is 11.6 Å². The average molecular weight is 397 g/mol. The fourth-order valence-electron chi connectivity index (χ4n) is 2.83. The van der Waals surface area contributed by atoms with Gasteiger partial charge in [0.15, 0.2) is 5.82 Å². The summed E-state index contributed by atoms with van der Waals surface area (Å²) in [6.45, 7) is 0.442. The van der Waals surface area contributed by atoms with Crippen molar-refractivity contribution in [3.05, 3.63) is 71.0 Å². The first-order valence-corrected chi connectivity index (χ1v) is 9.18. The van der Waals surface area contributed by atoms with Crippen molar-refractivity contribution in [2.45, 2.75) is 25.5 Å². The number of aromatic nitrogens is 2. The Morgan fingerprint density at radius 3 is 2.86 bits per heavy atom. The lowest BCUT2D eigenvalue weighted by Crippen LogP contribution is -2.30. The molecule has 0 saturated carbocycles. The molecule has 1 amide bonds. The van der Waals surface area contributed by atoms with Gasteiger partial charge in [0, 0.05) is 23.6 Å². The minimum atomic E-state index is -0.303. The molecular formula is C20H17ClN4O3. The summed E-state index contributed by atoms with van der Waals surface area (Å²) in [5, 5.41) is 11.3. The van der Waals surface area contributed by atoms with E-state index in [2.05, 4.69) is 20.6 Å². The fourth-order valence-corrected chi connectivity index (χ4v) is 3.02.